The molecule has 7 nitrogen and oxygen atoms in total. The molecule has 0 unspecified atom stereocenters. The van der Waals surface area contributed by atoms with Crippen molar-refractivity contribution < 1.29 is 33.5 Å². The van der Waals surface area contributed by atoms with Crippen molar-refractivity contribution in [1.82, 2.24) is 0 Å². The number of aromatic hydroxyl groups is 1. The molecule has 0 aliphatic carbocycles. The molecule has 0 saturated heterocycles. The first-order chi connectivity index (χ1) is 7.33. The van der Waals surface area contributed by atoms with E-state index in [2.05, 4.69) is 9.26 Å². The number of hydrogen-bond donors (Lipinski definition) is 3. The highest BCUT2D eigenvalue weighted by Crippen LogP contribution is 2.38. The molecule has 0 aliphatic rings. The average molecular weight is 248 g/mol. The van der Waals surface area contributed by atoms with Gasteiger partial charge in [-0.25, -0.2) is 9.36 Å². The number of phosphoric acid groups is 1. The van der Waals surface area contributed by atoms with E-state index >= 15 is 0 Å². The van der Waals surface area contributed by atoms with E-state index in [9.17, 15) is 14.5 Å². The molecule has 0 aliphatic heterocycles. The van der Waals surface area contributed by atoms with Crippen molar-refractivity contribution in [3.8, 4) is 11.5 Å². The summed E-state index contributed by atoms with van der Waals surface area (Å²) in [5.74, 6) is -1.45. The van der Waals surface area contributed by atoms with Crippen molar-refractivity contribution in [2.24, 2.45) is 0 Å². The highest BCUT2D eigenvalue weighted by atomic mass is 31.2. The predicted molar refractivity (Wildman–Crippen MR) is 52.1 cm³/mol. The molecule has 3 N–H and O–H groups in total. The fourth-order valence-corrected chi connectivity index (χ4v) is 1.37. The number of ether oxygens (including phenoxy) is 1. The van der Waals surface area contributed by atoms with E-state index in [0.29, 0.717) is 0 Å². The molecule has 0 spiro atoms. The van der Waals surface area contributed by atoms with E-state index in [0.717, 1.165) is 25.3 Å². The van der Waals surface area contributed by atoms with Gasteiger partial charge in [0.2, 0.25) is 0 Å². The quantitative estimate of drug-likeness (QED) is 0.531. The number of benzene rings is 1. The van der Waals surface area contributed by atoms with Crippen LogP contribution in [0.4, 0.5) is 0 Å². The summed E-state index contributed by atoms with van der Waals surface area (Å²) in [5, 5.41) is 9.28. The summed E-state index contributed by atoms with van der Waals surface area (Å²) in [4.78, 5) is 28.2. The molecule has 0 atom stereocenters. The second-order valence-corrected chi connectivity index (χ2v) is 3.92. The zero-order valence-electron chi connectivity index (χ0n) is 8.15. The number of esters is 1. The van der Waals surface area contributed by atoms with Crippen LogP contribution in [0.15, 0.2) is 18.2 Å². The molecule has 0 aromatic heterocycles. The molecule has 0 radical (unpaired) electrons. The molecule has 0 amide bonds. The summed E-state index contributed by atoms with van der Waals surface area (Å²) in [5.41, 5.74) is -0.242. The minimum absolute atomic E-state index is 0.242. The van der Waals surface area contributed by atoms with Crippen molar-refractivity contribution in [3.63, 3.8) is 0 Å². The van der Waals surface area contributed by atoms with Gasteiger partial charge in [0.15, 0.2) is 0 Å². The van der Waals surface area contributed by atoms with Crippen LogP contribution in [0.5, 0.6) is 11.5 Å². The SMILES string of the molecule is COC(=O)c1cc(OP(=O)(O)O)ccc1O. The highest BCUT2D eigenvalue weighted by Gasteiger charge is 2.19. The van der Waals surface area contributed by atoms with Gasteiger partial charge in [0.1, 0.15) is 17.1 Å². The van der Waals surface area contributed by atoms with Crippen LogP contribution in [0.2, 0.25) is 0 Å². The number of phosphoric ester groups is 1. The van der Waals surface area contributed by atoms with Gasteiger partial charge in [0, 0.05) is 0 Å². The minimum Gasteiger partial charge on any atom is -0.507 e. The molecule has 8 heteroatoms. The second kappa shape index (κ2) is 4.52. The van der Waals surface area contributed by atoms with Gasteiger partial charge in [-0.3, -0.25) is 9.79 Å². The van der Waals surface area contributed by atoms with Gasteiger partial charge in [0.05, 0.1) is 7.11 Å². The zero-order chi connectivity index (χ0) is 12.3. The number of phenolic OH excluding ortho intramolecular Hbond substituents is 1. The summed E-state index contributed by atoms with van der Waals surface area (Å²) >= 11 is 0. The number of methoxy groups -OCH3 is 1. The van der Waals surface area contributed by atoms with E-state index in [1.807, 2.05) is 0 Å². The molecule has 88 valence electrons. The Bertz CT molecular complexity index is 450. The van der Waals surface area contributed by atoms with Crippen LogP contribution in [0.25, 0.3) is 0 Å². The Morgan fingerprint density at radius 2 is 2.00 bits per heavy atom. The Morgan fingerprint density at radius 1 is 1.38 bits per heavy atom. The summed E-state index contributed by atoms with van der Waals surface area (Å²) < 4.78 is 19.1. The first-order valence-electron chi connectivity index (χ1n) is 4.00. The normalized spacial score (nSPS) is 10.9. The molecule has 0 bridgehead atoms. The standard InChI is InChI=1S/C8H9O7P/c1-14-8(10)6-4-5(2-3-7(6)9)15-16(11,12)13/h2-4,9H,1H3,(H2,11,12,13). The van der Waals surface area contributed by atoms with Crippen LogP contribution in [-0.2, 0) is 9.30 Å². The Balaban J connectivity index is 3.08. The van der Waals surface area contributed by atoms with E-state index in [4.69, 9.17) is 9.79 Å². The van der Waals surface area contributed by atoms with Gasteiger partial charge in [-0.05, 0) is 18.2 Å². The molecule has 0 saturated carbocycles. The number of rotatable bonds is 3. The number of phenols is 1. The van der Waals surface area contributed by atoms with Gasteiger partial charge < -0.3 is 14.4 Å². The zero-order valence-corrected chi connectivity index (χ0v) is 9.05. The molecule has 1 aromatic rings. The highest BCUT2D eigenvalue weighted by molar-refractivity contribution is 7.46. The van der Waals surface area contributed by atoms with Crippen LogP contribution in [0.1, 0.15) is 10.4 Å². The fraction of sp³-hybridized carbons (Fsp3) is 0.125. The van der Waals surface area contributed by atoms with Crippen LogP contribution >= 0.6 is 7.82 Å². The van der Waals surface area contributed by atoms with Gasteiger partial charge in [-0.2, -0.15) is 0 Å². The van der Waals surface area contributed by atoms with Gasteiger partial charge in [-0.1, -0.05) is 0 Å². The molecular formula is C8H9O7P. The third-order valence-electron chi connectivity index (χ3n) is 1.60. The summed E-state index contributed by atoms with van der Waals surface area (Å²) in [6, 6.07) is 3.15. The summed E-state index contributed by atoms with van der Waals surface area (Å²) in [7, 11) is -3.59. The largest absolute Gasteiger partial charge is 0.524 e. The third kappa shape index (κ3) is 3.23. The van der Waals surface area contributed by atoms with Crippen molar-refractivity contribution in [1.29, 1.82) is 0 Å². The van der Waals surface area contributed by atoms with Crippen LogP contribution in [0.3, 0.4) is 0 Å². The maximum Gasteiger partial charge on any atom is 0.524 e. The first kappa shape index (κ1) is 12.5. The maximum atomic E-state index is 11.1. The number of carbonyl (C=O) groups is 1. The lowest BCUT2D eigenvalue weighted by Gasteiger charge is -2.08. The number of carbonyl (C=O) groups excluding carboxylic acids is 1. The maximum absolute atomic E-state index is 11.1. The smallest absolute Gasteiger partial charge is 0.507 e. The number of hydrogen-bond acceptors (Lipinski definition) is 5. The van der Waals surface area contributed by atoms with Gasteiger partial charge in [0.25, 0.3) is 0 Å². The van der Waals surface area contributed by atoms with E-state index < -0.39 is 13.8 Å². The van der Waals surface area contributed by atoms with E-state index in [1.54, 1.807) is 0 Å². The average Bonchev–Trinajstić information content (AvgIpc) is 2.18. The van der Waals surface area contributed by atoms with Crippen molar-refractivity contribution in [2.75, 3.05) is 7.11 Å². The predicted octanol–water partition coefficient (Wildman–Crippen LogP) is 0.650. The molecular weight excluding hydrogens is 239 g/mol. The fourth-order valence-electron chi connectivity index (χ4n) is 0.983. The van der Waals surface area contributed by atoms with Crippen LogP contribution in [-0.4, -0.2) is 28.0 Å². The molecule has 16 heavy (non-hydrogen) atoms. The Kier molecular flexibility index (Phi) is 3.54. The molecule has 1 rings (SSSR count). The third-order valence-corrected chi connectivity index (χ3v) is 2.05. The lowest BCUT2D eigenvalue weighted by Crippen LogP contribution is -2.02. The van der Waals surface area contributed by atoms with E-state index in [1.165, 1.54) is 0 Å². The monoisotopic (exact) mass is 248 g/mol. The minimum atomic E-state index is -4.70. The topological polar surface area (TPSA) is 113 Å². The summed E-state index contributed by atoms with van der Waals surface area (Å²) in [6.45, 7) is 0. The van der Waals surface area contributed by atoms with Crippen LogP contribution in [0, 0.1) is 0 Å². The second-order valence-electron chi connectivity index (χ2n) is 2.75. The molecule has 0 heterocycles. The van der Waals surface area contributed by atoms with Crippen molar-refractivity contribution in [3.05, 3.63) is 23.8 Å². The van der Waals surface area contributed by atoms with Crippen molar-refractivity contribution >= 4 is 13.8 Å². The summed E-state index contributed by atoms with van der Waals surface area (Å²) in [6.07, 6.45) is 0. The molecule has 1 aromatic carbocycles. The van der Waals surface area contributed by atoms with E-state index in [-0.39, 0.29) is 17.1 Å². The Labute approximate surface area is 90.5 Å². The lowest BCUT2D eigenvalue weighted by molar-refractivity contribution is 0.0597. The van der Waals surface area contributed by atoms with Gasteiger partial charge in [-0.15, -0.1) is 0 Å². The van der Waals surface area contributed by atoms with Crippen molar-refractivity contribution in [2.45, 2.75) is 0 Å². The van der Waals surface area contributed by atoms with Gasteiger partial charge >= 0.3 is 13.8 Å². The first-order valence-corrected chi connectivity index (χ1v) is 5.53. The Hall–Kier alpha value is -1.56. The lowest BCUT2D eigenvalue weighted by atomic mass is 10.2. The Morgan fingerprint density at radius 3 is 2.50 bits per heavy atom. The molecule has 0 fully saturated rings. The van der Waals surface area contributed by atoms with Crippen LogP contribution < -0.4 is 4.52 Å².